The molecule has 40 valence electrons. The Bertz CT molecular complexity index is 32.7. The number of carbonyl (C=O) groups is 1. The minimum atomic E-state index is -0.833. The van der Waals surface area contributed by atoms with Crippen LogP contribution in [0.4, 0.5) is 0 Å². The predicted molar refractivity (Wildman–Crippen MR) is 14.7 cm³/mol. The van der Waals surface area contributed by atoms with Gasteiger partial charge in [-0.2, -0.15) is 0 Å². The average molecular weight is 271 g/mol. The van der Waals surface area contributed by atoms with Crippen LogP contribution in [-0.4, -0.2) is 11.1 Å². The van der Waals surface area contributed by atoms with E-state index in [1.165, 1.54) is 0 Å². The molecule has 0 saturated heterocycles. The second-order valence-corrected chi connectivity index (χ2v) is 0.519. The van der Waals surface area contributed by atoms with Gasteiger partial charge in [0.05, 0.1) is 0 Å². The third-order valence-corrected chi connectivity index (χ3v) is 0. The number of carboxylic acid groups (broad SMARTS) is 1. The molecular weight excluding hydrogens is 267 g/mol. The summed E-state index contributed by atoms with van der Waals surface area (Å²) in [5.41, 5.74) is 0. The van der Waals surface area contributed by atoms with Gasteiger partial charge in [-0.05, 0) is 0 Å². The Balaban J connectivity index is -0.0000000150. The molecule has 0 amide bonds. The van der Waals surface area contributed by atoms with Gasteiger partial charge in [0.1, 0.15) is 0 Å². The molecule has 1 N–H and O–H groups in total. The molecule has 0 aromatic heterocycles. The first kappa shape index (κ1) is 26.8. The maximum atomic E-state index is 9.00. The van der Waals surface area contributed by atoms with Crippen molar-refractivity contribution in [2.75, 3.05) is 0 Å². The van der Waals surface area contributed by atoms with Crippen LogP contribution >= 0.6 is 0 Å². The van der Waals surface area contributed by atoms with Gasteiger partial charge in [0.15, 0.2) is 0 Å². The Morgan fingerprint density at radius 1 is 1.43 bits per heavy atom. The van der Waals surface area contributed by atoms with Crippen LogP contribution in [-0.2, 0) is 41.6 Å². The molecule has 4 nitrogen and oxygen atoms in total. The number of carboxylic acids is 1. The van der Waals surface area contributed by atoms with E-state index in [0.29, 0.717) is 0 Å². The van der Waals surface area contributed by atoms with E-state index in [4.69, 9.17) is 9.90 Å². The standard InChI is InChI=1S/C2H4O2.Hf.2O/c1-2(3)4;;;/h1H3,(H,3,4);;;/q;+4;2*-2. The van der Waals surface area contributed by atoms with Gasteiger partial charge < -0.3 is 16.1 Å². The minimum absolute atomic E-state index is 0. The van der Waals surface area contributed by atoms with Gasteiger partial charge >= 0.3 is 25.8 Å². The Kier molecular flexibility index (Phi) is 62.3. The molecule has 0 aliphatic rings. The molecule has 0 aliphatic carbocycles. The number of aliphatic carboxylic acids is 1. The van der Waals surface area contributed by atoms with Gasteiger partial charge in [0, 0.05) is 6.92 Å². The van der Waals surface area contributed by atoms with Crippen LogP contribution in [0.2, 0.25) is 0 Å². The molecule has 0 aliphatic heterocycles. The fourth-order valence-corrected chi connectivity index (χ4v) is 0. The van der Waals surface area contributed by atoms with Crippen LogP contribution in [0.3, 0.4) is 0 Å². The van der Waals surface area contributed by atoms with Crippen LogP contribution in [0.15, 0.2) is 0 Å². The summed E-state index contributed by atoms with van der Waals surface area (Å²) < 4.78 is 0. The summed E-state index contributed by atoms with van der Waals surface area (Å²) in [4.78, 5) is 9.00. The Labute approximate surface area is 59.9 Å². The number of hydrogen-bond acceptors (Lipinski definition) is 1. The molecule has 0 heterocycles. The van der Waals surface area contributed by atoms with Crippen molar-refractivity contribution in [3.63, 3.8) is 0 Å². The first-order valence-corrected chi connectivity index (χ1v) is 0.928. The monoisotopic (exact) mass is 272 g/mol. The van der Waals surface area contributed by atoms with Crippen LogP contribution in [0.1, 0.15) is 6.92 Å². The molecular formula is C2H4HfO4. The Morgan fingerprint density at radius 2 is 1.43 bits per heavy atom. The van der Waals surface area contributed by atoms with Crippen molar-refractivity contribution in [2.24, 2.45) is 0 Å². The quantitative estimate of drug-likeness (QED) is 0.620. The van der Waals surface area contributed by atoms with Crippen molar-refractivity contribution in [3.05, 3.63) is 0 Å². The number of hydrogen-bond donors (Lipinski definition) is 1. The fraction of sp³-hybridized carbons (Fsp3) is 0.500. The van der Waals surface area contributed by atoms with E-state index >= 15 is 0 Å². The SMILES string of the molecule is CC(=O)O.[Hf+4].[O-2].[O-2]. The second kappa shape index (κ2) is 16.3. The van der Waals surface area contributed by atoms with Crippen LogP contribution < -0.4 is 0 Å². The summed E-state index contributed by atoms with van der Waals surface area (Å²) in [5, 5.41) is 7.42. The summed E-state index contributed by atoms with van der Waals surface area (Å²) >= 11 is 0. The Hall–Kier alpha value is 0.260. The smallest absolute Gasteiger partial charge is 2.00 e. The van der Waals surface area contributed by atoms with Gasteiger partial charge in [0.2, 0.25) is 0 Å². The zero-order valence-corrected chi connectivity index (χ0v) is 7.26. The molecule has 5 heteroatoms. The van der Waals surface area contributed by atoms with Crippen molar-refractivity contribution < 1.29 is 46.7 Å². The third kappa shape index (κ3) is 1680. The topological polar surface area (TPSA) is 94.3 Å². The van der Waals surface area contributed by atoms with E-state index < -0.39 is 5.97 Å². The zero-order valence-electron chi connectivity index (χ0n) is 3.67. The maximum Gasteiger partial charge on any atom is 4.00 e. The predicted octanol–water partition coefficient (Wildman–Crippen LogP) is -0.149. The largest absolute Gasteiger partial charge is 4.00 e. The van der Waals surface area contributed by atoms with Crippen molar-refractivity contribution >= 4 is 5.97 Å². The first-order chi connectivity index (χ1) is 1.73. The molecule has 7 heavy (non-hydrogen) atoms. The molecule has 0 spiro atoms. The molecule has 0 saturated carbocycles. The molecule has 0 unspecified atom stereocenters. The van der Waals surface area contributed by atoms with E-state index in [9.17, 15) is 0 Å². The van der Waals surface area contributed by atoms with Crippen LogP contribution in [0, 0.1) is 0 Å². The first-order valence-electron chi connectivity index (χ1n) is 0.928. The molecule has 0 fully saturated rings. The minimum Gasteiger partial charge on any atom is -2.00 e. The molecule has 0 bridgehead atoms. The summed E-state index contributed by atoms with van der Waals surface area (Å²) in [5.74, 6) is -0.833. The normalized spacial score (nSPS) is 3.57. The fourth-order valence-electron chi connectivity index (χ4n) is 0. The third-order valence-electron chi connectivity index (χ3n) is 0. The van der Waals surface area contributed by atoms with Crippen molar-refractivity contribution in [3.8, 4) is 0 Å². The van der Waals surface area contributed by atoms with Crippen molar-refractivity contribution in [1.29, 1.82) is 0 Å². The summed E-state index contributed by atoms with van der Waals surface area (Å²) in [6.07, 6.45) is 0. The van der Waals surface area contributed by atoms with E-state index in [1.54, 1.807) is 0 Å². The van der Waals surface area contributed by atoms with E-state index in [0.717, 1.165) is 6.92 Å². The van der Waals surface area contributed by atoms with Crippen molar-refractivity contribution in [2.45, 2.75) is 6.92 Å². The van der Waals surface area contributed by atoms with E-state index in [-0.39, 0.29) is 36.8 Å². The van der Waals surface area contributed by atoms with Gasteiger partial charge in [-0.25, -0.2) is 0 Å². The van der Waals surface area contributed by atoms with Gasteiger partial charge in [-0.3, -0.25) is 4.79 Å². The molecule has 0 radical (unpaired) electrons. The number of rotatable bonds is 0. The van der Waals surface area contributed by atoms with Gasteiger partial charge in [0.25, 0.3) is 5.97 Å². The van der Waals surface area contributed by atoms with Gasteiger partial charge in [-0.15, -0.1) is 0 Å². The maximum absolute atomic E-state index is 9.00. The Morgan fingerprint density at radius 3 is 1.43 bits per heavy atom. The molecule has 0 aromatic rings. The molecule has 0 rings (SSSR count). The van der Waals surface area contributed by atoms with E-state index in [2.05, 4.69) is 0 Å². The van der Waals surface area contributed by atoms with E-state index in [1.807, 2.05) is 0 Å². The second-order valence-electron chi connectivity index (χ2n) is 0.519. The van der Waals surface area contributed by atoms with Crippen molar-refractivity contribution in [1.82, 2.24) is 0 Å². The zero-order chi connectivity index (χ0) is 3.58. The molecule has 0 atom stereocenters. The average Bonchev–Trinajstić information content (AvgIpc) is 0.811. The summed E-state index contributed by atoms with van der Waals surface area (Å²) in [6, 6.07) is 0. The van der Waals surface area contributed by atoms with Gasteiger partial charge in [-0.1, -0.05) is 0 Å². The molecule has 0 aromatic carbocycles. The van der Waals surface area contributed by atoms with Crippen LogP contribution in [0.25, 0.3) is 0 Å². The van der Waals surface area contributed by atoms with Crippen LogP contribution in [0.5, 0.6) is 0 Å². The summed E-state index contributed by atoms with van der Waals surface area (Å²) in [7, 11) is 0. The summed E-state index contributed by atoms with van der Waals surface area (Å²) in [6.45, 7) is 1.08.